The summed E-state index contributed by atoms with van der Waals surface area (Å²) < 4.78 is 31.0. The second-order valence-electron chi connectivity index (χ2n) is 6.85. The fourth-order valence-corrected chi connectivity index (χ4v) is 5.40. The van der Waals surface area contributed by atoms with Gasteiger partial charge in [-0.1, -0.05) is 0 Å². The largest absolute Gasteiger partial charge is 0.494 e. The molecule has 7 heteroatoms. The summed E-state index contributed by atoms with van der Waals surface area (Å²) in [6.07, 6.45) is 4.07. The summed E-state index contributed by atoms with van der Waals surface area (Å²) >= 11 is 0. The van der Waals surface area contributed by atoms with E-state index in [2.05, 4.69) is 10.3 Å². The highest BCUT2D eigenvalue weighted by Gasteiger charge is 2.44. The third-order valence-electron chi connectivity index (χ3n) is 5.12. The van der Waals surface area contributed by atoms with Crippen molar-refractivity contribution in [2.45, 2.75) is 50.0 Å². The number of nitrogens with one attached hydrogen (secondary N) is 1. The minimum Gasteiger partial charge on any atom is -0.494 e. The molecule has 1 heterocycles. The number of carbonyl (C=O) groups is 1. The van der Waals surface area contributed by atoms with Crippen molar-refractivity contribution < 1.29 is 17.9 Å². The van der Waals surface area contributed by atoms with Gasteiger partial charge in [0.05, 0.1) is 23.6 Å². The molecule has 3 rings (SSSR count). The maximum atomic E-state index is 12.7. The van der Waals surface area contributed by atoms with Gasteiger partial charge in [0, 0.05) is 0 Å². The van der Waals surface area contributed by atoms with Gasteiger partial charge in [0.1, 0.15) is 11.3 Å². The lowest BCUT2D eigenvalue weighted by Crippen LogP contribution is -2.42. The van der Waals surface area contributed by atoms with Crippen LogP contribution in [0.1, 0.15) is 38.2 Å². The summed E-state index contributed by atoms with van der Waals surface area (Å²) in [5, 5.41) is 2.63. The maximum absolute atomic E-state index is 12.7. The lowest BCUT2D eigenvalue weighted by atomic mass is 9.77. The van der Waals surface area contributed by atoms with Gasteiger partial charge in [0.15, 0.2) is 9.84 Å². The Bertz CT molecular complexity index is 793. The van der Waals surface area contributed by atoms with E-state index in [1.54, 1.807) is 18.2 Å². The molecule has 0 unspecified atom stereocenters. The Hall–Kier alpha value is -1.89. The third kappa shape index (κ3) is 3.56. The number of amides is 1. The number of aliphatic imine (C=N–C) groups is 1. The number of nitrogens with zero attached hydrogens (tertiary/aromatic N) is 1. The molecular weight excluding hydrogens is 340 g/mol. The first-order valence-electron chi connectivity index (χ1n) is 8.67. The van der Waals surface area contributed by atoms with Crippen LogP contribution in [0.15, 0.2) is 28.1 Å². The molecule has 1 amide bonds. The predicted molar refractivity (Wildman–Crippen MR) is 95.7 cm³/mol. The van der Waals surface area contributed by atoms with Gasteiger partial charge in [0.25, 0.3) is 5.91 Å². The van der Waals surface area contributed by atoms with Crippen LogP contribution in [0.5, 0.6) is 5.75 Å². The van der Waals surface area contributed by atoms with Crippen molar-refractivity contribution in [1.29, 1.82) is 0 Å². The topological polar surface area (TPSA) is 84.8 Å². The van der Waals surface area contributed by atoms with Crippen LogP contribution in [0.3, 0.4) is 0 Å². The molecule has 1 aliphatic carbocycles. The highest BCUT2D eigenvalue weighted by atomic mass is 32.2. The molecule has 1 N–H and O–H groups in total. The number of rotatable bonds is 5. The van der Waals surface area contributed by atoms with E-state index in [4.69, 9.17) is 4.74 Å². The van der Waals surface area contributed by atoms with Gasteiger partial charge in [0.2, 0.25) is 0 Å². The van der Waals surface area contributed by atoms with E-state index in [1.807, 2.05) is 13.8 Å². The molecule has 0 radical (unpaired) electrons. The van der Waals surface area contributed by atoms with Crippen LogP contribution in [0.25, 0.3) is 0 Å². The van der Waals surface area contributed by atoms with E-state index in [0.29, 0.717) is 42.9 Å². The SMILES string of the molecule is CCOc1ccc(S(=O)(=O)CC2CCC3(CC2)N=CNC3=O)cc1C. The Kier molecular flexibility index (Phi) is 4.86. The summed E-state index contributed by atoms with van der Waals surface area (Å²) in [6, 6.07) is 5.02. The lowest BCUT2D eigenvalue weighted by molar-refractivity contribution is -0.124. The van der Waals surface area contributed by atoms with Crippen LogP contribution in [-0.4, -0.2) is 38.6 Å². The molecule has 0 bridgehead atoms. The number of hydrogen-bond donors (Lipinski definition) is 1. The van der Waals surface area contributed by atoms with Crippen molar-refractivity contribution >= 4 is 22.1 Å². The van der Waals surface area contributed by atoms with Gasteiger partial charge < -0.3 is 10.1 Å². The van der Waals surface area contributed by atoms with Gasteiger partial charge in [-0.15, -0.1) is 0 Å². The van der Waals surface area contributed by atoms with E-state index < -0.39 is 15.4 Å². The van der Waals surface area contributed by atoms with Gasteiger partial charge in [-0.05, 0) is 69.2 Å². The standard InChI is InChI=1S/C18H24N2O4S/c1-3-24-16-5-4-15(10-13(16)2)25(22,23)11-14-6-8-18(9-7-14)17(21)19-12-20-18/h4-5,10,12,14H,3,6-9,11H2,1-2H3,(H,19,20,21). The van der Waals surface area contributed by atoms with Gasteiger partial charge in [-0.25, -0.2) is 8.42 Å². The lowest BCUT2D eigenvalue weighted by Gasteiger charge is -2.32. The summed E-state index contributed by atoms with van der Waals surface area (Å²) in [5.41, 5.74) is 0.165. The van der Waals surface area contributed by atoms with E-state index in [1.165, 1.54) is 6.34 Å². The van der Waals surface area contributed by atoms with Crippen LogP contribution in [0.4, 0.5) is 0 Å². The fraction of sp³-hybridized carbons (Fsp3) is 0.556. The maximum Gasteiger partial charge on any atom is 0.253 e. The zero-order chi connectivity index (χ0) is 18.1. The van der Waals surface area contributed by atoms with Crippen LogP contribution in [0.2, 0.25) is 0 Å². The van der Waals surface area contributed by atoms with E-state index >= 15 is 0 Å². The molecule has 25 heavy (non-hydrogen) atoms. The molecule has 1 aromatic rings. The van der Waals surface area contributed by atoms with Crippen molar-refractivity contribution in [3.8, 4) is 5.75 Å². The fourth-order valence-electron chi connectivity index (χ4n) is 3.62. The van der Waals surface area contributed by atoms with E-state index in [9.17, 15) is 13.2 Å². The molecule has 0 saturated heterocycles. The zero-order valence-corrected chi connectivity index (χ0v) is 15.4. The Morgan fingerprint density at radius 1 is 1.32 bits per heavy atom. The van der Waals surface area contributed by atoms with Crippen molar-refractivity contribution in [2.75, 3.05) is 12.4 Å². The first-order chi connectivity index (χ1) is 11.9. The van der Waals surface area contributed by atoms with Crippen molar-refractivity contribution in [3.05, 3.63) is 23.8 Å². The van der Waals surface area contributed by atoms with E-state index in [-0.39, 0.29) is 17.6 Å². The molecule has 136 valence electrons. The minimum atomic E-state index is -3.36. The smallest absolute Gasteiger partial charge is 0.253 e. The predicted octanol–water partition coefficient (Wildman–Crippen LogP) is 2.25. The Labute approximate surface area is 148 Å². The summed E-state index contributed by atoms with van der Waals surface area (Å²) in [7, 11) is -3.36. The average Bonchev–Trinajstić information content (AvgIpc) is 2.92. The Morgan fingerprint density at radius 3 is 2.60 bits per heavy atom. The molecule has 1 fully saturated rings. The monoisotopic (exact) mass is 364 g/mol. The van der Waals surface area contributed by atoms with Crippen LogP contribution < -0.4 is 10.1 Å². The van der Waals surface area contributed by atoms with Crippen LogP contribution in [-0.2, 0) is 14.6 Å². The molecule has 0 atom stereocenters. The van der Waals surface area contributed by atoms with Crippen molar-refractivity contribution in [3.63, 3.8) is 0 Å². The summed E-state index contributed by atoms with van der Waals surface area (Å²) in [5.74, 6) is 0.829. The number of benzene rings is 1. The molecule has 2 aliphatic rings. The van der Waals surface area contributed by atoms with Crippen molar-refractivity contribution in [1.82, 2.24) is 5.32 Å². The summed E-state index contributed by atoms with van der Waals surface area (Å²) in [6.45, 7) is 4.30. The van der Waals surface area contributed by atoms with Crippen LogP contribution >= 0.6 is 0 Å². The normalized spacial score (nSPS) is 26.0. The molecule has 1 aromatic carbocycles. The molecule has 1 saturated carbocycles. The number of carbonyl (C=O) groups excluding carboxylic acids is 1. The van der Waals surface area contributed by atoms with Crippen molar-refractivity contribution in [2.24, 2.45) is 10.9 Å². The first-order valence-corrected chi connectivity index (χ1v) is 10.3. The minimum absolute atomic E-state index is 0.0593. The average molecular weight is 364 g/mol. The molecule has 1 spiro atoms. The Balaban J connectivity index is 1.67. The highest BCUT2D eigenvalue weighted by molar-refractivity contribution is 7.91. The van der Waals surface area contributed by atoms with Gasteiger partial charge >= 0.3 is 0 Å². The number of sulfone groups is 1. The van der Waals surface area contributed by atoms with Gasteiger partial charge in [-0.3, -0.25) is 9.79 Å². The second kappa shape index (κ2) is 6.78. The molecular formula is C18H24N2O4S. The molecule has 0 aromatic heterocycles. The number of ether oxygens (including phenoxy) is 1. The van der Waals surface area contributed by atoms with E-state index in [0.717, 1.165) is 5.56 Å². The Morgan fingerprint density at radius 2 is 2.04 bits per heavy atom. The van der Waals surface area contributed by atoms with Gasteiger partial charge in [-0.2, -0.15) is 0 Å². The quantitative estimate of drug-likeness (QED) is 0.868. The summed E-state index contributed by atoms with van der Waals surface area (Å²) in [4.78, 5) is 16.5. The molecule has 1 aliphatic heterocycles. The number of hydrogen-bond acceptors (Lipinski definition) is 5. The third-order valence-corrected chi connectivity index (χ3v) is 7.01. The number of aryl methyl sites for hydroxylation is 1. The molecule has 6 nitrogen and oxygen atoms in total. The second-order valence-corrected chi connectivity index (χ2v) is 8.88. The highest BCUT2D eigenvalue weighted by Crippen LogP contribution is 2.37. The first kappa shape index (κ1) is 17.9. The van der Waals surface area contributed by atoms with Crippen LogP contribution in [0, 0.1) is 12.8 Å². The zero-order valence-electron chi connectivity index (χ0n) is 14.6.